The second-order valence-corrected chi connectivity index (χ2v) is 4.82. The summed E-state index contributed by atoms with van der Waals surface area (Å²) in [5.41, 5.74) is 1.68. The lowest BCUT2D eigenvalue weighted by molar-refractivity contribution is 0.697. The van der Waals surface area contributed by atoms with Gasteiger partial charge in [0.05, 0.1) is 5.56 Å². The van der Waals surface area contributed by atoms with Crippen LogP contribution in [0.5, 0.6) is 0 Å². The topological polar surface area (TPSA) is 39.9 Å². The molecule has 0 aromatic carbocycles. The van der Waals surface area contributed by atoms with Crippen LogP contribution in [0.3, 0.4) is 0 Å². The quantitative estimate of drug-likeness (QED) is 0.779. The number of anilines is 1. The van der Waals surface area contributed by atoms with Gasteiger partial charge in [0.1, 0.15) is 11.9 Å². The van der Waals surface area contributed by atoms with E-state index in [9.17, 15) is 0 Å². The molecule has 0 atom stereocenters. The number of aryl methyl sites for hydroxylation is 1. The Morgan fingerprint density at radius 3 is 2.82 bits per heavy atom. The highest BCUT2D eigenvalue weighted by Crippen LogP contribution is 2.31. The lowest BCUT2D eigenvalue weighted by Gasteiger charge is -2.24. The van der Waals surface area contributed by atoms with Crippen LogP contribution >= 0.6 is 0 Å². The molecule has 1 aliphatic rings. The summed E-state index contributed by atoms with van der Waals surface area (Å²) in [7, 11) is 0. The lowest BCUT2D eigenvalue weighted by atomic mass is 10.2. The van der Waals surface area contributed by atoms with Gasteiger partial charge in [-0.3, -0.25) is 0 Å². The van der Waals surface area contributed by atoms with E-state index in [0.717, 1.165) is 36.9 Å². The molecule has 1 heterocycles. The van der Waals surface area contributed by atoms with Crippen molar-refractivity contribution in [1.29, 1.82) is 5.26 Å². The Kier molecular flexibility index (Phi) is 3.63. The van der Waals surface area contributed by atoms with Crippen molar-refractivity contribution in [3.05, 3.63) is 23.4 Å². The van der Waals surface area contributed by atoms with Crippen molar-refractivity contribution in [3.8, 4) is 6.07 Å². The van der Waals surface area contributed by atoms with Gasteiger partial charge in [0.15, 0.2) is 0 Å². The first-order valence-corrected chi connectivity index (χ1v) is 6.37. The van der Waals surface area contributed by atoms with Crippen molar-refractivity contribution in [2.24, 2.45) is 5.92 Å². The minimum Gasteiger partial charge on any atom is -0.355 e. The van der Waals surface area contributed by atoms with Crippen molar-refractivity contribution in [3.63, 3.8) is 0 Å². The molecule has 0 unspecified atom stereocenters. The van der Waals surface area contributed by atoms with Crippen LogP contribution in [0, 0.1) is 24.2 Å². The van der Waals surface area contributed by atoms with Crippen LogP contribution in [0.15, 0.2) is 12.1 Å². The number of rotatable bonds is 5. The van der Waals surface area contributed by atoms with Crippen LogP contribution in [0.1, 0.15) is 37.4 Å². The zero-order valence-corrected chi connectivity index (χ0v) is 10.6. The standard InChI is InChI=1S/C14H19N3/c1-3-8-17(10-12-5-6-12)14-13(9-15)7-4-11(2)16-14/h4,7,12H,3,5-6,8,10H2,1-2H3. The van der Waals surface area contributed by atoms with Gasteiger partial charge in [-0.1, -0.05) is 6.92 Å². The van der Waals surface area contributed by atoms with Crippen molar-refractivity contribution < 1.29 is 0 Å². The van der Waals surface area contributed by atoms with E-state index in [1.54, 1.807) is 0 Å². The molecule has 17 heavy (non-hydrogen) atoms. The van der Waals surface area contributed by atoms with Crippen molar-refractivity contribution >= 4 is 5.82 Å². The van der Waals surface area contributed by atoms with Gasteiger partial charge >= 0.3 is 0 Å². The first-order chi connectivity index (χ1) is 8.24. The van der Waals surface area contributed by atoms with E-state index in [1.807, 2.05) is 19.1 Å². The largest absolute Gasteiger partial charge is 0.355 e. The minimum absolute atomic E-state index is 0.699. The van der Waals surface area contributed by atoms with Crippen molar-refractivity contribution in [2.75, 3.05) is 18.0 Å². The second-order valence-electron chi connectivity index (χ2n) is 4.82. The van der Waals surface area contributed by atoms with Crippen LogP contribution in [-0.4, -0.2) is 18.1 Å². The highest BCUT2D eigenvalue weighted by atomic mass is 15.2. The normalized spacial score (nSPS) is 14.4. The molecule has 0 amide bonds. The van der Waals surface area contributed by atoms with Crippen LogP contribution in [0.2, 0.25) is 0 Å². The third-order valence-corrected chi connectivity index (χ3v) is 3.10. The van der Waals surface area contributed by atoms with E-state index in [-0.39, 0.29) is 0 Å². The molecule has 0 spiro atoms. The van der Waals surface area contributed by atoms with Crippen molar-refractivity contribution in [2.45, 2.75) is 33.1 Å². The average Bonchev–Trinajstić information content (AvgIpc) is 3.12. The monoisotopic (exact) mass is 229 g/mol. The molecule has 1 fully saturated rings. The lowest BCUT2D eigenvalue weighted by Crippen LogP contribution is -2.28. The minimum atomic E-state index is 0.699. The number of pyridine rings is 1. The molecular formula is C14H19N3. The summed E-state index contributed by atoms with van der Waals surface area (Å²) in [4.78, 5) is 6.83. The molecule has 1 saturated carbocycles. The number of hydrogen-bond donors (Lipinski definition) is 0. The third kappa shape index (κ3) is 2.97. The fourth-order valence-electron chi connectivity index (χ4n) is 2.04. The van der Waals surface area contributed by atoms with Crippen LogP contribution in [0.25, 0.3) is 0 Å². The average molecular weight is 229 g/mol. The summed E-state index contributed by atoms with van der Waals surface area (Å²) in [6.07, 6.45) is 3.75. The van der Waals surface area contributed by atoms with E-state index >= 15 is 0 Å². The number of nitriles is 1. The van der Waals surface area contributed by atoms with Gasteiger partial charge in [-0.2, -0.15) is 5.26 Å². The Morgan fingerprint density at radius 2 is 2.24 bits per heavy atom. The van der Waals surface area contributed by atoms with E-state index in [0.29, 0.717) is 5.56 Å². The summed E-state index contributed by atoms with van der Waals surface area (Å²) < 4.78 is 0. The molecule has 3 heteroatoms. The first kappa shape index (κ1) is 11.9. The van der Waals surface area contributed by atoms with Gasteiger partial charge in [0.2, 0.25) is 0 Å². The zero-order valence-electron chi connectivity index (χ0n) is 10.6. The van der Waals surface area contributed by atoms with Crippen LogP contribution < -0.4 is 4.90 Å². The Balaban J connectivity index is 2.26. The maximum atomic E-state index is 9.16. The summed E-state index contributed by atoms with van der Waals surface area (Å²) in [5, 5.41) is 9.16. The highest BCUT2D eigenvalue weighted by molar-refractivity contribution is 5.54. The molecule has 1 aromatic heterocycles. The Morgan fingerprint density at radius 1 is 1.47 bits per heavy atom. The number of aromatic nitrogens is 1. The molecule has 2 rings (SSSR count). The van der Waals surface area contributed by atoms with E-state index in [1.165, 1.54) is 12.8 Å². The SMILES string of the molecule is CCCN(CC1CC1)c1nc(C)ccc1C#N. The summed E-state index contributed by atoms with van der Waals surface area (Å²) >= 11 is 0. The predicted octanol–water partition coefficient (Wildman–Crippen LogP) is 2.89. The molecule has 0 bridgehead atoms. The molecular weight excluding hydrogens is 210 g/mol. The maximum absolute atomic E-state index is 9.16. The van der Waals surface area contributed by atoms with Gasteiger partial charge in [-0.05, 0) is 44.2 Å². The van der Waals surface area contributed by atoms with Crippen LogP contribution in [0.4, 0.5) is 5.82 Å². The zero-order chi connectivity index (χ0) is 12.3. The van der Waals surface area contributed by atoms with Gasteiger partial charge in [-0.15, -0.1) is 0 Å². The Hall–Kier alpha value is -1.56. The Labute approximate surface area is 103 Å². The molecule has 1 aromatic rings. The smallest absolute Gasteiger partial charge is 0.146 e. The van der Waals surface area contributed by atoms with E-state index < -0.39 is 0 Å². The summed E-state index contributed by atoms with van der Waals surface area (Å²) in [5.74, 6) is 1.69. The predicted molar refractivity (Wildman–Crippen MR) is 68.9 cm³/mol. The highest BCUT2D eigenvalue weighted by Gasteiger charge is 2.25. The third-order valence-electron chi connectivity index (χ3n) is 3.10. The fraction of sp³-hybridized carbons (Fsp3) is 0.571. The number of hydrogen-bond acceptors (Lipinski definition) is 3. The van der Waals surface area contributed by atoms with E-state index in [2.05, 4.69) is 22.9 Å². The Bertz CT molecular complexity index is 430. The molecule has 0 aliphatic heterocycles. The molecule has 0 N–H and O–H groups in total. The van der Waals surface area contributed by atoms with E-state index in [4.69, 9.17) is 5.26 Å². The summed E-state index contributed by atoms with van der Waals surface area (Å²) in [6.45, 7) is 6.19. The van der Waals surface area contributed by atoms with Gasteiger partial charge in [0.25, 0.3) is 0 Å². The fourth-order valence-corrected chi connectivity index (χ4v) is 2.04. The first-order valence-electron chi connectivity index (χ1n) is 6.37. The molecule has 1 aliphatic carbocycles. The molecule has 3 nitrogen and oxygen atoms in total. The molecule has 0 radical (unpaired) electrons. The maximum Gasteiger partial charge on any atom is 0.146 e. The summed E-state index contributed by atoms with van der Waals surface area (Å²) in [6, 6.07) is 6.04. The van der Waals surface area contributed by atoms with Gasteiger partial charge in [-0.25, -0.2) is 4.98 Å². The van der Waals surface area contributed by atoms with Gasteiger partial charge in [0, 0.05) is 18.8 Å². The molecule has 0 saturated heterocycles. The van der Waals surface area contributed by atoms with Crippen molar-refractivity contribution in [1.82, 2.24) is 4.98 Å². The number of nitrogens with zero attached hydrogens (tertiary/aromatic N) is 3. The molecule has 90 valence electrons. The second kappa shape index (κ2) is 5.18. The van der Waals surface area contributed by atoms with Gasteiger partial charge < -0.3 is 4.90 Å². The van der Waals surface area contributed by atoms with Crippen LogP contribution in [-0.2, 0) is 0 Å².